The molecule has 7 heteroatoms. The molecule has 0 amide bonds. The number of piperidine rings is 1. The molecular weight excluding hydrogens is 402 g/mol. The Morgan fingerprint density at radius 2 is 1.91 bits per heavy atom. The van der Waals surface area contributed by atoms with Gasteiger partial charge in [0.25, 0.3) is 0 Å². The van der Waals surface area contributed by atoms with Crippen LogP contribution in [0.4, 0.5) is 11.6 Å². The molecular formula is C25H33N5O2. The molecule has 3 heterocycles. The van der Waals surface area contributed by atoms with Gasteiger partial charge in [-0.15, -0.1) is 0 Å². The second kappa shape index (κ2) is 9.81. The van der Waals surface area contributed by atoms with Crippen LogP contribution in [0, 0.1) is 0 Å². The number of nitrogens with zero attached hydrogens (tertiary/aromatic N) is 3. The number of aromatic nitrogens is 2. The molecule has 170 valence electrons. The van der Waals surface area contributed by atoms with Crippen molar-refractivity contribution in [2.45, 2.75) is 51.5 Å². The standard InChI is InChI=1S/C25H33N5O2/c1-25(2,31)17-30-11-8-21(9-12-30)32-16-19-4-6-23(29-15-19)28-14-18-3-5-22-20(13-18)7-10-27-24(22)26/h3-7,10,13,15,21,31H,8-9,11-12,14,16-17H2,1-2H3,(H2,26,27)(H,28,29). The van der Waals surface area contributed by atoms with Crippen LogP contribution in [-0.4, -0.2) is 51.3 Å². The van der Waals surface area contributed by atoms with Gasteiger partial charge in [0.15, 0.2) is 0 Å². The van der Waals surface area contributed by atoms with Crippen molar-refractivity contribution in [1.82, 2.24) is 14.9 Å². The SMILES string of the molecule is CC(C)(O)CN1CCC(OCc2ccc(NCc3ccc4c(N)nccc4c3)nc2)CC1. The number of nitrogens with two attached hydrogens (primary N) is 1. The summed E-state index contributed by atoms with van der Waals surface area (Å²) < 4.78 is 6.10. The summed E-state index contributed by atoms with van der Waals surface area (Å²) in [7, 11) is 0. The highest BCUT2D eigenvalue weighted by Gasteiger charge is 2.24. The first-order valence-corrected chi connectivity index (χ1v) is 11.2. The highest BCUT2D eigenvalue weighted by Crippen LogP contribution is 2.21. The Morgan fingerprint density at radius 1 is 1.12 bits per heavy atom. The van der Waals surface area contributed by atoms with Crippen LogP contribution in [0.15, 0.2) is 48.8 Å². The Kier molecular flexibility index (Phi) is 6.89. The van der Waals surface area contributed by atoms with Gasteiger partial charge in [-0.2, -0.15) is 0 Å². The van der Waals surface area contributed by atoms with Crippen molar-refractivity contribution in [1.29, 1.82) is 0 Å². The fraction of sp³-hybridized carbons (Fsp3) is 0.440. The molecule has 1 aliphatic rings. The summed E-state index contributed by atoms with van der Waals surface area (Å²) in [5, 5.41) is 15.4. The van der Waals surface area contributed by atoms with E-state index in [0.717, 1.165) is 53.6 Å². The molecule has 1 saturated heterocycles. The van der Waals surface area contributed by atoms with Crippen LogP contribution in [0.5, 0.6) is 0 Å². The Bertz CT molecular complexity index is 1020. The lowest BCUT2D eigenvalue weighted by Gasteiger charge is -2.35. The average molecular weight is 436 g/mol. The number of nitrogen functional groups attached to an aromatic ring is 1. The number of hydrogen-bond donors (Lipinski definition) is 3. The van der Waals surface area contributed by atoms with Crippen molar-refractivity contribution in [3.05, 3.63) is 59.9 Å². The molecule has 1 aromatic carbocycles. The number of anilines is 2. The molecule has 0 aliphatic carbocycles. The van der Waals surface area contributed by atoms with Crippen LogP contribution in [-0.2, 0) is 17.9 Å². The van der Waals surface area contributed by atoms with Crippen LogP contribution in [0.1, 0.15) is 37.8 Å². The number of benzene rings is 1. The third kappa shape index (κ3) is 6.16. The molecule has 0 atom stereocenters. The van der Waals surface area contributed by atoms with Crippen molar-refractivity contribution < 1.29 is 9.84 Å². The summed E-state index contributed by atoms with van der Waals surface area (Å²) in [6, 6.07) is 12.2. The van der Waals surface area contributed by atoms with Gasteiger partial charge < -0.3 is 25.8 Å². The lowest BCUT2D eigenvalue weighted by atomic mass is 10.0. The quantitative estimate of drug-likeness (QED) is 0.498. The van der Waals surface area contributed by atoms with Gasteiger partial charge in [-0.25, -0.2) is 9.97 Å². The summed E-state index contributed by atoms with van der Waals surface area (Å²) in [6.45, 7) is 7.62. The van der Waals surface area contributed by atoms with Crippen LogP contribution >= 0.6 is 0 Å². The maximum atomic E-state index is 9.97. The first-order valence-electron chi connectivity index (χ1n) is 11.2. The second-order valence-electron chi connectivity index (χ2n) is 9.26. The molecule has 4 N–H and O–H groups in total. The molecule has 3 aromatic rings. The fourth-order valence-electron chi connectivity index (χ4n) is 4.16. The number of aliphatic hydroxyl groups is 1. The number of ether oxygens (including phenoxy) is 1. The van der Waals surface area contributed by atoms with E-state index in [0.29, 0.717) is 25.5 Å². The van der Waals surface area contributed by atoms with Gasteiger partial charge >= 0.3 is 0 Å². The Morgan fingerprint density at radius 3 is 2.62 bits per heavy atom. The molecule has 7 nitrogen and oxygen atoms in total. The van der Waals surface area contributed by atoms with Crippen LogP contribution in [0.2, 0.25) is 0 Å². The van der Waals surface area contributed by atoms with E-state index in [2.05, 4.69) is 38.4 Å². The number of nitrogens with one attached hydrogen (secondary N) is 1. The zero-order valence-corrected chi connectivity index (χ0v) is 18.9. The first kappa shape index (κ1) is 22.5. The summed E-state index contributed by atoms with van der Waals surface area (Å²) in [5.74, 6) is 1.39. The number of β-amino-alcohol motifs (C(OH)–C–C–N with tert-alkyl or cyclic N) is 1. The zero-order valence-electron chi connectivity index (χ0n) is 18.9. The number of rotatable bonds is 8. The van der Waals surface area contributed by atoms with Gasteiger partial charge in [-0.3, -0.25) is 0 Å². The zero-order chi connectivity index (χ0) is 22.6. The van der Waals surface area contributed by atoms with Gasteiger partial charge in [-0.1, -0.05) is 18.2 Å². The van der Waals surface area contributed by atoms with Gasteiger partial charge in [0.05, 0.1) is 18.3 Å². The number of likely N-dealkylation sites (tertiary alicyclic amines) is 1. The number of fused-ring (bicyclic) bond motifs is 1. The Hall–Kier alpha value is -2.74. The second-order valence-corrected chi connectivity index (χ2v) is 9.26. The lowest BCUT2D eigenvalue weighted by Crippen LogP contribution is -2.44. The van der Waals surface area contributed by atoms with Crippen molar-refractivity contribution >= 4 is 22.4 Å². The van der Waals surface area contributed by atoms with Crippen molar-refractivity contribution in [2.75, 3.05) is 30.7 Å². The molecule has 0 bridgehead atoms. The minimum absolute atomic E-state index is 0.267. The minimum atomic E-state index is -0.644. The lowest BCUT2D eigenvalue weighted by molar-refractivity contribution is -0.0243. The molecule has 0 saturated carbocycles. The smallest absolute Gasteiger partial charge is 0.131 e. The van der Waals surface area contributed by atoms with E-state index >= 15 is 0 Å². The van der Waals surface area contributed by atoms with E-state index in [-0.39, 0.29) is 6.10 Å². The van der Waals surface area contributed by atoms with Crippen LogP contribution in [0.3, 0.4) is 0 Å². The normalized spacial score (nSPS) is 15.8. The molecule has 2 aromatic heterocycles. The van der Waals surface area contributed by atoms with Crippen LogP contribution < -0.4 is 11.1 Å². The van der Waals surface area contributed by atoms with Crippen molar-refractivity contribution in [2.24, 2.45) is 0 Å². The van der Waals surface area contributed by atoms with Crippen molar-refractivity contribution in [3.8, 4) is 0 Å². The fourth-order valence-corrected chi connectivity index (χ4v) is 4.16. The molecule has 32 heavy (non-hydrogen) atoms. The molecule has 1 aliphatic heterocycles. The van der Waals surface area contributed by atoms with E-state index < -0.39 is 5.60 Å². The summed E-state index contributed by atoms with van der Waals surface area (Å²) in [6.07, 6.45) is 5.87. The van der Waals surface area contributed by atoms with Crippen LogP contribution in [0.25, 0.3) is 10.8 Å². The average Bonchev–Trinajstić information content (AvgIpc) is 2.77. The third-order valence-electron chi connectivity index (χ3n) is 5.79. The van der Waals surface area contributed by atoms with E-state index in [4.69, 9.17) is 10.5 Å². The summed E-state index contributed by atoms with van der Waals surface area (Å²) >= 11 is 0. The van der Waals surface area contributed by atoms with E-state index in [1.165, 1.54) is 0 Å². The summed E-state index contributed by atoms with van der Waals surface area (Å²) in [5.41, 5.74) is 7.52. The molecule has 1 fully saturated rings. The Balaban J connectivity index is 1.23. The van der Waals surface area contributed by atoms with Crippen molar-refractivity contribution in [3.63, 3.8) is 0 Å². The highest BCUT2D eigenvalue weighted by atomic mass is 16.5. The largest absolute Gasteiger partial charge is 0.389 e. The first-order chi connectivity index (χ1) is 15.4. The molecule has 0 spiro atoms. The maximum Gasteiger partial charge on any atom is 0.131 e. The van der Waals surface area contributed by atoms with E-state index in [9.17, 15) is 5.11 Å². The third-order valence-corrected chi connectivity index (χ3v) is 5.79. The Labute approximate surface area is 189 Å². The predicted molar refractivity (Wildman–Crippen MR) is 128 cm³/mol. The predicted octanol–water partition coefficient (Wildman–Crippen LogP) is 3.58. The monoisotopic (exact) mass is 435 g/mol. The molecule has 0 radical (unpaired) electrons. The van der Waals surface area contributed by atoms with Gasteiger partial charge in [-0.05, 0) is 61.4 Å². The summed E-state index contributed by atoms with van der Waals surface area (Å²) in [4.78, 5) is 11.0. The number of hydrogen-bond acceptors (Lipinski definition) is 7. The maximum absolute atomic E-state index is 9.97. The van der Waals surface area contributed by atoms with E-state index in [1.807, 2.05) is 38.2 Å². The minimum Gasteiger partial charge on any atom is -0.389 e. The van der Waals surface area contributed by atoms with E-state index in [1.54, 1.807) is 6.20 Å². The number of pyridine rings is 2. The molecule has 4 rings (SSSR count). The highest BCUT2D eigenvalue weighted by molar-refractivity contribution is 5.91. The van der Waals surface area contributed by atoms with Gasteiger partial charge in [0.2, 0.25) is 0 Å². The van der Waals surface area contributed by atoms with Gasteiger partial charge in [0.1, 0.15) is 11.6 Å². The van der Waals surface area contributed by atoms with Gasteiger partial charge in [0, 0.05) is 44.0 Å². The topological polar surface area (TPSA) is 96.5 Å². The molecule has 0 unspecified atom stereocenters.